The maximum atomic E-state index is 12.7. The molecular weight excluding hydrogens is 378 g/mol. The van der Waals surface area contributed by atoms with Gasteiger partial charge in [0.2, 0.25) is 12.6 Å². The normalized spacial score (nSPS) is 12.2. The van der Waals surface area contributed by atoms with Crippen molar-refractivity contribution in [1.29, 1.82) is 0 Å². The number of ketones is 1. The molecule has 28 heavy (non-hydrogen) atoms. The summed E-state index contributed by atoms with van der Waals surface area (Å²) in [5, 5.41) is 0. The first-order chi connectivity index (χ1) is 13.4. The van der Waals surface area contributed by atoms with Crippen molar-refractivity contribution in [3.8, 4) is 17.2 Å². The van der Waals surface area contributed by atoms with E-state index in [4.69, 9.17) is 14.2 Å². The molecule has 3 heterocycles. The first-order valence-electron chi connectivity index (χ1n) is 8.80. The van der Waals surface area contributed by atoms with Crippen LogP contribution in [0.2, 0.25) is 0 Å². The van der Waals surface area contributed by atoms with Gasteiger partial charge in [0.15, 0.2) is 18.1 Å². The van der Waals surface area contributed by atoms with Gasteiger partial charge in [0.05, 0.1) is 0 Å². The number of Topliss-reactive ketones (excluding diaryl/α,β-unsaturated/α-hetero) is 1. The zero-order chi connectivity index (χ0) is 19.8. The fraction of sp³-hybridized carbons (Fsp3) is 0.238. The number of benzene rings is 1. The zero-order valence-electron chi connectivity index (χ0n) is 15.8. The molecule has 3 aromatic rings. The number of hydrogen-bond donors (Lipinski definition) is 0. The minimum absolute atomic E-state index is 0.210. The van der Waals surface area contributed by atoms with Crippen molar-refractivity contribution in [2.75, 3.05) is 13.4 Å². The Bertz CT molecular complexity index is 1080. The lowest BCUT2D eigenvalue weighted by Crippen LogP contribution is -2.14. The average Bonchev–Trinajstić information content (AvgIpc) is 3.38. The second kappa shape index (κ2) is 7.16. The summed E-state index contributed by atoms with van der Waals surface area (Å²) < 4.78 is 18.0. The summed E-state index contributed by atoms with van der Waals surface area (Å²) in [7, 11) is 0. The van der Waals surface area contributed by atoms with E-state index in [9.17, 15) is 9.59 Å². The Morgan fingerprint density at radius 1 is 1.07 bits per heavy atom. The van der Waals surface area contributed by atoms with Crippen molar-refractivity contribution in [3.63, 3.8) is 0 Å². The third-order valence-corrected chi connectivity index (χ3v) is 5.60. The first-order valence-corrected chi connectivity index (χ1v) is 9.61. The van der Waals surface area contributed by atoms with Gasteiger partial charge in [-0.2, -0.15) is 0 Å². The molecule has 0 radical (unpaired) electrons. The molecule has 0 N–H and O–H groups in total. The van der Waals surface area contributed by atoms with E-state index in [0.29, 0.717) is 21.9 Å². The molecule has 0 saturated heterocycles. The Morgan fingerprint density at radius 3 is 2.61 bits per heavy atom. The van der Waals surface area contributed by atoms with Crippen LogP contribution in [0, 0.1) is 20.8 Å². The van der Waals surface area contributed by atoms with Gasteiger partial charge < -0.3 is 18.8 Å². The smallest absolute Gasteiger partial charge is 0.348 e. The maximum Gasteiger partial charge on any atom is 0.348 e. The number of thiophene rings is 1. The second-order valence-corrected chi connectivity index (χ2v) is 7.86. The quantitative estimate of drug-likeness (QED) is 0.476. The average molecular weight is 397 g/mol. The molecule has 0 spiro atoms. The van der Waals surface area contributed by atoms with Gasteiger partial charge in [-0.15, -0.1) is 11.3 Å². The number of carbonyl (C=O) groups excluding carboxylic acids is 2. The summed E-state index contributed by atoms with van der Waals surface area (Å²) in [4.78, 5) is 26.3. The van der Waals surface area contributed by atoms with E-state index >= 15 is 0 Å². The number of fused-ring (bicyclic) bond motifs is 1. The number of hydrogen-bond acceptors (Lipinski definition) is 6. The Labute approximate surface area is 166 Å². The van der Waals surface area contributed by atoms with Crippen molar-refractivity contribution in [2.24, 2.45) is 0 Å². The molecule has 0 atom stereocenters. The first kappa shape index (κ1) is 18.3. The Morgan fingerprint density at radius 2 is 1.86 bits per heavy atom. The number of aryl methyl sites for hydroxylation is 2. The molecule has 0 amide bonds. The molecule has 6 nitrogen and oxygen atoms in total. The van der Waals surface area contributed by atoms with Gasteiger partial charge in [0.1, 0.15) is 4.88 Å². The molecular formula is C21H19NO5S. The molecule has 0 bridgehead atoms. The van der Waals surface area contributed by atoms with Gasteiger partial charge in [-0.1, -0.05) is 0 Å². The Hall–Kier alpha value is -3.06. The van der Waals surface area contributed by atoms with E-state index in [1.165, 1.54) is 11.3 Å². The number of esters is 1. The zero-order valence-corrected chi connectivity index (χ0v) is 16.6. The predicted octanol–water partition coefficient (Wildman–Crippen LogP) is 4.23. The standard InChI is InChI=1S/C21H19NO5S/c1-12-8-16(17(23)10-25-21(24)20-7-4-13(2)28-20)14(3)22(12)15-5-6-18-19(9-15)27-11-26-18/h4-9H,10-11H2,1-3H3. The Balaban J connectivity index is 1.53. The van der Waals surface area contributed by atoms with Crippen molar-refractivity contribution >= 4 is 23.1 Å². The van der Waals surface area contributed by atoms with Crippen LogP contribution in [0.5, 0.6) is 11.5 Å². The van der Waals surface area contributed by atoms with E-state index in [-0.39, 0.29) is 19.2 Å². The molecule has 1 aromatic carbocycles. The lowest BCUT2D eigenvalue weighted by Gasteiger charge is -2.11. The van der Waals surface area contributed by atoms with Crippen LogP contribution in [0.15, 0.2) is 36.4 Å². The van der Waals surface area contributed by atoms with Crippen LogP contribution in [-0.4, -0.2) is 29.7 Å². The van der Waals surface area contributed by atoms with Crippen LogP contribution >= 0.6 is 11.3 Å². The van der Waals surface area contributed by atoms with E-state index in [1.54, 1.807) is 6.07 Å². The van der Waals surface area contributed by atoms with E-state index < -0.39 is 5.97 Å². The van der Waals surface area contributed by atoms with Crippen LogP contribution in [0.4, 0.5) is 0 Å². The highest BCUT2D eigenvalue weighted by atomic mass is 32.1. The van der Waals surface area contributed by atoms with E-state index in [2.05, 4.69) is 0 Å². The highest BCUT2D eigenvalue weighted by Gasteiger charge is 2.21. The molecule has 0 fully saturated rings. The summed E-state index contributed by atoms with van der Waals surface area (Å²) in [6, 6.07) is 11.0. The van der Waals surface area contributed by atoms with Crippen LogP contribution < -0.4 is 9.47 Å². The number of rotatable bonds is 5. The molecule has 144 valence electrons. The fourth-order valence-electron chi connectivity index (χ4n) is 3.29. The molecule has 4 rings (SSSR count). The van der Waals surface area contributed by atoms with Crippen LogP contribution in [-0.2, 0) is 4.74 Å². The van der Waals surface area contributed by atoms with Crippen molar-refractivity contribution in [1.82, 2.24) is 4.57 Å². The van der Waals surface area contributed by atoms with E-state index in [1.807, 2.05) is 55.7 Å². The van der Waals surface area contributed by atoms with Crippen LogP contribution in [0.25, 0.3) is 5.69 Å². The third-order valence-electron chi connectivity index (χ3n) is 4.62. The van der Waals surface area contributed by atoms with Crippen LogP contribution in [0.1, 0.15) is 36.3 Å². The minimum atomic E-state index is -0.476. The highest BCUT2D eigenvalue weighted by molar-refractivity contribution is 7.13. The van der Waals surface area contributed by atoms with Crippen molar-refractivity contribution in [3.05, 3.63) is 63.1 Å². The molecule has 7 heteroatoms. The maximum absolute atomic E-state index is 12.7. The molecule has 2 aromatic heterocycles. The number of aromatic nitrogens is 1. The SMILES string of the molecule is Cc1ccc(C(=O)OCC(=O)c2cc(C)n(-c3ccc4c(c3)OCO4)c2C)s1. The highest BCUT2D eigenvalue weighted by Crippen LogP contribution is 2.35. The third kappa shape index (κ3) is 3.29. The molecule has 0 unspecified atom stereocenters. The summed E-state index contributed by atoms with van der Waals surface area (Å²) in [6.45, 7) is 5.63. The molecule has 0 aliphatic carbocycles. The molecule has 1 aliphatic rings. The second-order valence-electron chi connectivity index (χ2n) is 6.57. The lowest BCUT2D eigenvalue weighted by atomic mass is 10.1. The number of nitrogens with zero attached hydrogens (tertiary/aromatic N) is 1. The van der Waals surface area contributed by atoms with Crippen LogP contribution in [0.3, 0.4) is 0 Å². The Kier molecular flexibility index (Phi) is 4.68. The molecule has 1 aliphatic heterocycles. The molecule has 0 saturated carbocycles. The van der Waals surface area contributed by atoms with Gasteiger partial charge in [0, 0.05) is 33.6 Å². The lowest BCUT2D eigenvalue weighted by molar-refractivity contribution is 0.0479. The number of carbonyl (C=O) groups is 2. The van der Waals surface area contributed by atoms with Gasteiger partial charge in [-0.3, -0.25) is 4.79 Å². The van der Waals surface area contributed by atoms with E-state index in [0.717, 1.165) is 22.0 Å². The van der Waals surface area contributed by atoms with Crippen molar-refractivity contribution in [2.45, 2.75) is 20.8 Å². The van der Waals surface area contributed by atoms with Gasteiger partial charge in [-0.25, -0.2) is 4.79 Å². The summed E-state index contributed by atoms with van der Waals surface area (Å²) in [5.74, 6) is 0.675. The number of ether oxygens (including phenoxy) is 3. The summed E-state index contributed by atoms with van der Waals surface area (Å²) in [6.07, 6.45) is 0. The summed E-state index contributed by atoms with van der Waals surface area (Å²) in [5.41, 5.74) is 3.10. The summed E-state index contributed by atoms with van der Waals surface area (Å²) >= 11 is 1.35. The van der Waals surface area contributed by atoms with Gasteiger partial charge in [-0.05, 0) is 51.1 Å². The predicted molar refractivity (Wildman–Crippen MR) is 105 cm³/mol. The van der Waals surface area contributed by atoms with Gasteiger partial charge >= 0.3 is 5.97 Å². The monoisotopic (exact) mass is 397 g/mol. The minimum Gasteiger partial charge on any atom is -0.454 e. The topological polar surface area (TPSA) is 66.8 Å². The largest absolute Gasteiger partial charge is 0.454 e. The fourth-order valence-corrected chi connectivity index (χ4v) is 4.05. The van der Waals surface area contributed by atoms with Crippen molar-refractivity contribution < 1.29 is 23.8 Å². The van der Waals surface area contributed by atoms with Gasteiger partial charge in [0.25, 0.3) is 0 Å².